The van der Waals surface area contributed by atoms with Gasteiger partial charge in [-0.2, -0.15) is 0 Å². The number of pyridine rings is 1. The van der Waals surface area contributed by atoms with Crippen molar-refractivity contribution in [2.75, 3.05) is 19.7 Å². The van der Waals surface area contributed by atoms with Crippen LogP contribution in [0.15, 0.2) is 24.5 Å². The molecule has 3 heteroatoms. The van der Waals surface area contributed by atoms with Crippen molar-refractivity contribution in [1.82, 2.24) is 9.88 Å². The van der Waals surface area contributed by atoms with E-state index in [1.54, 1.807) is 6.20 Å². The molecule has 3 nitrogen and oxygen atoms in total. The SMILES string of the molecule is OCC1CCCN1CCc1cccnc1. The summed E-state index contributed by atoms with van der Waals surface area (Å²) >= 11 is 0. The minimum Gasteiger partial charge on any atom is -0.395 e. The van der Waals surface area contributed by atoms with E-state index < -0.39 is 0 Å². The van der Waals surface area contributed by atoms with Gasteiger partial charge in [-0.15, -0.1) is 0 Å². The van der Waals surface area contributed by atoms with Gasteiger partial charge in [0.2, 0.25) is 0 Å². The molecule has 1 N–H and O–H groups in total. The predicted molar refractivity (Wildman–Crippen MR) is 59.6 cm³/mol. The maximum atomic E-state index is 9.18. The maximum absolute atomic E-state index is 9.18. The van der Waals surface area contributed by atoms with Crippen LogP contribution in [-0.2, 0) is 6.42 Å². The second-order valence-corrected chi connectivity index (χ2v) is 4.13. The van der Waals surface area contributed by atoms with Crippen molar-refractivity contribution in [2.24, 2.45) is 0 Å². The zero-order chi connectivity index (χ0) is 10.5. The van der Waals surface area contributed by atoms with Crippen molar-refractivity contribution >= 4 is 0 Å². The van der Waals surface area contributed by atoms with Gasteiger partial charge in [-0.25, -0.2) is 0 Å². The molecule has 1 atom stereocenters. The molecule has 0 spiro atoms. The van der Waals surface area contributed by atoms with E-state index >= 15 is 0 Å². The van der Waals surface area contributed by atoms with E-state index in [0.29, 0.717) is 12.6 Å². The fourth-order valence-corrected chi connectivity index (χ4v) is 2.21. The van der Waals surface area contributed by atoms with Crippen molar-refractivity contribution in [3.05, 3.63) is 30.1 Å². The van der Waals surface area contributed by atoms with Crippen LogP contribution in [0.1, 0.15) is 18.4 Å². The number of likely N-dealkylation sites (tertiary alicyclic amines) is 1. The van der Waals surface area contributed by atoms with Crippen LogP contribution in [0.3, 0.4) is 0 Å². The minimum absolute atomic E-state index is 0.299. The van der Waals surface area contributed by atoms with Gasteiger partial charge in [0.1, 0.15) is 0 Å². The molecule has 15 heavy (non-hydrogen) atoms. The lowest BCUT2D eigenvalue weighted by Gasteiger charge is -2.22. The highest BCUT2D eigenvalue weighted by atomic mass is 16.3. The highest BCUT2D eigenvalue weighted by Gasteiger charge is 2.22. The highest BCUT2D eigenvalue weighted by Crippen LogP contribution is 2.16. The topological polar surface area (TPSA) is 36.4 Å². The van der Waals surface area contributed by atoms with E-state index in [0.717, 1.165) is 25.9 Å². The van der Waals surface area contributed by atoms with Gasteiger partial charge in [0, 0.05) is 25.0 Å². The maximum Gasteiger partial charge on any atom is 0.0586 e. The van der Waals surface area contributed by atoms with Crippen LogP contribution in [0.2, 0.25) is 0 Å². The molecule has 1 aliphatic rings. The van der Waals surface area contributed by atoms with Crippen LogP contribution in [0.25, 0.3) is 0 Å². The number of nitrogens with zero attached hydrogens (tertiary/aromatic N) is 2. The second-order valence-electron chi connectivity index (χ2n) is 4.13. The Hall–Kier alpha value is -0.930. The summed E-state index contributed by atoms with van der Waals surface area (Å²) in [6.07, 6.45) is 7.12. The Morgan fingerprint density at radius 3 is 3.20 bits per heavy atom. The van der Waals surface area contributed by atoms with Crippen LogP contribution in [0.4, 0.5) is 0 Å². The van der Waals surface area contributed by atoms with Gasteiger partial charge in [0.15, 0.2) is 0 Å². The quantitative estimate of drug-likeness (QED) is 0.801. The lowest BCUT2D eigenvalue weighted by Crippen LogP contribution is -2.33. The smallest absolute Gasteiger partial charge is 0.0586 e. The van der Waals surface area contributed by atoms with E-state index in [9.17, 15) is 5.11 Å². The molecule has 2 rings (SSSR count). The Labute approximate surface area is 90.8 Å². The molecule has 0 aliphatic carbocycles. The van der Waals surface area contributed by atoms with Crippen LogP contribution >= 0.6 is 0 Å². The van der Waals surface area contributed by atoms with Gasteiger partial charge in [0.05, 0.1) is 6.61 Å². The monoisotopic (exact) mass is 206 g/mol. The minimum atomic E-state index is 0.299. The van der Waals surface area contributed by atoms with E-state index in [1.807, 2.05) is 12.3 Å². The number of hydrogen-bond acceptors (Lipinski definition) is 3. The molecular formula is C12H18N2O. The van der Waals surface area contributed by atoms with Crippen molar-refractivity contribution < 1.29 is 5.11 Å². The van der Waals surface area contributed by atoms with E-state index in [1.165, 1.54) is 12.0 Å². The molecule has 1 aromatic heterocycles. The Morgan fingerprint density at radius 1 is 1.53 bits per heavy atom. The average molecular weight is 206 g/mol. The first-order valence-corrected chi connectivity index (χ1v) is 5.64. The molecule has 2 heterocycles. The van der Waals surface area contributed by atoms with E-state index in [-0.39, 0.29) is 0 Å². The lowest BCUT2D eigenvalue weighted by atomic mass is 10.2. The molecular weight excluding hydrogens is 188 g/mol. The molecule has 0 amide bonds. The zero-order valence-corrected chi connectivity index (χ0v) is 8.97. The van der Waals surface area contributed by atoms with Gasteiger partial charge in [0.25, 0.3) is 0 Å². The predicted octanol–water partition coefficient (Wildman–Crippen LogP) is 1.08. The molecule has 0 radical (unpaired) electrons. The summed E-state index contributed by atoms with van der Waals surface area (Å²) in [5, 5.41) is 9.18. The summed E-state index contributed by atoms with van der Waals surface area (Å²) in [4.78, 5) is 6.48. The average Bonchev–Trinajstić information content (AvgIpc) is 2.75. The normalized spacial score (nSPS) is 22.1. The zero-order valence-electron chi connectivity index (χ0n) is 8.97. The van der Waals surface area contributed by atoms with Crippen molar-refractivity contribution in [1.29, 1.82) is 0 Å². The Kier molecular flexibility index (Phi) is 3.69. The van der Waals surface area contributed by atoms with Gasteiger partial charge in [-0.3, -0.25) is 9.88 Å². The molecule has 1 saturated heterocycles. The molecule has 0 aromatic carbocycles. The molecule has 1 unspecified atom stereocenters. The standard InChI is InChI=1S/C12H18N2O/c15-10-12-4-2-7-14(12)8-5-11-3-1-6-13-9-11/h1,3,6,9,12,15H,2,4-5,7-8,10H2. The summed E-state index contributed by atoms with van der Waals surface area (Å²) in [5.41, 5.74) is 1.28. The molecule has 0 saturated carbocycles. The summed E-state index contributed by atoms with van der Waals surface area (Å²) in [5.74, 6) is 0. The Bertz CT molecular complexity index is 289. The first kappa shape index (κ1) is 10.6. The highest BCUT2D eigenvalue weighted by molar-refractivity contribution is 5.08. The lowest BCUT2D eigenvalue weighted by molar-refractivity contribution is 0.160. The van der Waals surface area contributed by atoms with E-state index in [4.69, 9.17) is 0 Å². The van der Waals surface area contributed by atoms with Gasteiger partial charge in [-0.1, -0.05) is 6.07 Å². The second kappa shape index (κ2) is 5.24. The van der Waals surface area contributed by atoms with Gasteiger partial charge in [-0.05, 0) is 37.4 Å². The fourth-order valence-electron chi connectivity index (χ4n) is 2.21. The first-order chi connectivity index (χ1) is 7.40. The summed E-state index contributed by atoms with van der Waals surface area (Å²) in [7, 11) is 0. The number of aliphatic hydroxyl groups is 1. The third-order valence-electron chi connectivity index (χ3n) is 3.12. The molecule has 82 valence electrons. The fraction of sp³-hybridized carbons (Fsp3) is 0.583. The first-order valence-electron chi connectivity index (χ1n) is 5.64. The number of hydrogen-bond donors (Lipinski definition) is 1. The number of rotatable bonds is 4. The van der Waals surface area contributed by atoms with E-state index in [2.05, 4.69) is 16.0 Å². The Balaban J connectivity index is 1.83. The van der Waals surface area contributed by atoms with Crippen LogP contribution < -0.4 is 0 Å². The van der Waals surface area contributed by atoms with Gasteiger partial charge >= 0.3 is 0 Å². The summed E-state index contributed by atoms with van der Waals surface area (Å²) < 4.78 is 0. The Morgan fingerprint density at radius 2 is 2.47 bits per heavy atom. The number of aromatic nitrogens is 1. The summed E-state index contributed by atoms with van der Waals surface area (Å²) in [6.45, 7) is 2.47. The van der Waals surface area contributed by atoms with Crippen molar-refractivity contribution in [3.8, 4) is 0 Å². The third kappa shape index (κ3) is 2.76. The van der Waals surface area contributed by atoms with Crippen molar-refractivity contribution in [2.45, 2.75) is 25.3 Å². The van der Waals surface area contributed by atoms with Gasteiger partial charge < -0.3 is 5.11 Å². The van der Waals surface area contributed by atoms with Crippen molar-refractivity contribution in [3.63, 3.8) is 0 Å². The largest absolute Gasteiger partial charge is 0.395 e. The number of aliphatic hydroxyl groups excluding tert-OH is 1. The van der Waals surface area contributed by atoms with Crippen LogP contribution in [0.5, 0.6) is 0 Å². The third-order valence-corrected chi connectivity index (χ3v) is 3.12. The van der Waals surface area contributed by atoms with Crippen LogP contribution in [0, 0.1) is 0 Å². The van der Waals surface area contributed by atoms with Crippen LogP contribution in [-0.4, -0.2) is 40.7 Å². The molecule has 1 fully saturated rings. The molecule has 1 aromatic rings. The molecule has 0 bridgehead atoms. The molecule has 1 aliphatic heterocycles. The summed E-state index contributed by atoms with van der Waals surface area (Å²) in [6, 6.07) is 4.47.